The van der Waals surface area contributed by atoms with Crippen molar-refractivity contribution >= 4 is 27.4 Å². The Morgan fingerprint density at radius 3 is 2.77 bits per heavy atom. The Morgan fingerprint density at radius 1 is 1.31 bits per heavy atom. The summed E-state index contributed by atoms with van der Waals surface area (Å²) in [5, 5.41) is 9.52. The van der Waals surface area contributed by atoms with Gasteiger partial charge in [0.2, 0.25) is 0 Å². The molecular formula is C21H21BrN2O2. The third-order valence-corrected chi connectivity index (χ3v) is 7.58. The van der Waals surface area contributed by atoms with Crippen LogP contribution in [0.3, 0.4) is 0 Å². The van der Waals surface area contributed by atoms with Crippen LogP contribution < -0.4 is 0 Å². The highest BCUT2D eigenvalue weighted by Crippen LogP contribution is 2.64. The van der Waals surface area contributed by atoms with E-state index in [9.17, 15) is 10.1 Å². The van der Waals surface area contributed by atoms with E-state index in [2.05, 4.69) is 22.0 Å². The summed E-state index contributed by atoms with van der Waals surface area (Å²) in [6.07, 6.45) is 10.3. The van der Waals surface area contributed by atoms with Crippen molar-refractivity contribution in [3.63, 3.8) is 0 Å². The number of esters is 1. The largest absolute Gasteiger partial charge is 0.460 e. The number of rotatable bonds is 3. The van der Waals surface area contributed by atoms with Crippen molar-refractivity contribution in [2.45, 2.75) is 49.5 Å². The Kier molecular flexibility index (Phi) is 3.53. The maximum Gasteiger partial charge on any atom is 0.312 e. The molecule has 0 aliphatic heterocycles. The van der Waals surface area contributed by atoms with Gasteiger partial charge < -0.3 is 9.14 Å². The lowest BCUT2D eigenvalue weighted by Crippen LogP contribution is -2.56. The van der Waals surface area contributed by atoms with E-state index in [0.717, 1.165) is 30.3 Å². The van der Waals surface area contributed by atoms with Gasteiger partial charge in [0.15, 0.2) is 0 Å². The van der Waals surface area contributed by atoms with Crippen LogP contribution in [0.25, 0.3) is 5.52 Å². The predicted molar refractivity (Wildman–Crippen MR) is 101 cm³/mol. The average Bonchev–Trinajstić information content (AvgIpc) is 2.94. The number of fused-ring (bicyclic) bond motifs is 1. The van der Waals surface area contributed by atoms with Crippen molar-refractivity contribution in [1.82, 2.24) is 4.40 Å². The first-order valence-electron chi connectivity index (χ1n) is 9.35. The molecule has 26 heavy (non-hydrogen) atoms. The third kappa shape index (κ3) is 2.42. The lowest BCUT2D eigenvalue weighted by molar-refractivity contribution is -0.170. The molecule has 6 rings (SSSR count). The molecule has 4 aliphatic carbocycles. The number of aromatic nitrogens is 1. The van der Waals surface area contributed by atoms with E-state index in [1.807, 2.05) is 35.0 Å². The second kappa shape index (κ2) is 5.60. The SMILES string of the molecule is N#Cc1c(COC(=O)C23CC4CC(CC(Br)(C4)C2)C3)cn2ccccc12. The van der Waals surface area contributed by atoms with Crippen molar-refractivity contribution < 1.29 is 9.53 Å². The summed E-state index contributed by atoms with van der Waals surface area (Å²) >= 11 is 3.95. The second-order valence-corrected chi connectivity index (χ2v) is 10.3. The molecule has 4 nitrogen and oxygen atoms in total. The van der Waals surface area contributed by atoms with E-state index < -0.39 is 0 Å². The van der Waals surface area contributed by atoms with Crippen LogP contribution in [0.2, 0.25) is 0 Å². The molecule has 0 aromatic carbocycles. The first-order chi connectivity index (χ1) is 12.5. The number of halogens is 1. The van der Waals surface area contributed by atoms with E-state index in [0.29, 0.717) is 17.4 Å². The maximum atomic E-state index is 13.1. The van der Waals surface area contributed by atoms with E-state index in [1.165, 1.54) is 19.3 Å². The summed E-state index contributed by atoms with van der Waals surface area (Å²) in [7, 11) is 0. The zero-order valence-corrected chi connectivity index (χ0v) is 16.2. The van der Waals surface area contributed by atoms with Crippen LogP contribution in [0.5, 0.6) is 0 Å². The minimum Gasteiger partial charge on any atom is -0.460 e. The quantitative estimate of drug-likeness (QED) is 0.547. The van der Waals surface area contributed by atoms with Gasteiger partial charge in [-0.25, -0.2) is 0 Å². The molecule has 2 unspecified atom stereocenters. The van der Waals surface area contributed by atoms with Crippen molar-refractivity contribution in [3.05, 3.63) is 41.7 Å². The normalized spacial score (nSPS) is 34.8. The minimum absolute atomic E-state index is 0.0606. The van der Waals surface area contributed by atoms with Gasteiger partial charge in [-0.1, -0.05) is 22.0 Å². The highest BCUT2D eigenvalue weighted by atomic mass is 79.9. The zero-order chi connectivity index (χ0) is 17.9. The zero-order valence-electron chi connectivity index (χ0n) is 14.6. The lowest BCUT2D eigenvalue weighted by Gasteiger charge is -2.58. The van der Waals surface area contributed by atoms with Crippen LogP contribution in [-0.4, -0.2) is 14.7 Å². The molecule has 134 valence electrons. The van der Waals surface area contributed by atoms with Crippen LogP contribution in [0.1, 0.15) is 49.7 Å². The standard InChI is InChI=1S/C21H21BrN2O2/c22-21-8-14-5-15(9-21)7-20(6-14,13-21)19(25)26-12-16-11-24-4-2-1-3-18(24)17(16)10-23/h1-4,11,14-15H,5-9,12-13H2. The molecule has 0 amide bonds. The van der Waals surface area contributed by atoms with E-state index in [-0.39, 0.29) is 22.3 Å². The number of hydrogen-bond acceptors (Lipinski definition) is 3. The topological polar surface area (TPSA) is 54.5 Å². The van der Waals surface area contributed by atoms with Crippen molar-refractivity contribution in [2.24, 2.45) is 17.3 Å². The fourth-order valence-corrected chi connectivity index (χ4v) is 7.55. The molecule has 0 radical (unpaired) electrons. The van der Waals surface area contributed by atoms with E-state index >= 15 is 0 Å². The number of alkyl halides is 1. The fraction of sp³-hybridized carbons (Fsp3) is 0.524. The summed E-state index contributed by atoms with van der Waals surface area (Å²) in [4.78, 5) is 13.1. The summed E-state index contributed by atoms with van der Waals surface area (Å²) in [5.74, 6) is 1.24. The van der Waals surface area contributed by atoms with Crippen LogP contribution >= 0.6 is 15.9 Å². The molecule has 2 atom stereocenters. The number of ether oxygens (including phenoxy) is 1. The molecule has 2 aromatic heterocycles. The van der Waals surface area contributed by atoms with Gasteiger partial charge in [-0.15, -0.1) is 0 Å². The van der Waals surface area contributed by atoms with E-state index in [1.54, 1.807) is 0 Å². The summed E-state index contributed by atoms with van der Waals surface area (Å²) in [6.45, 7) is 0.176. The van der Waals surface area contributed by atoms with Gasteiger partial charge in [0, 0.05) is 22.3 Å². The Balaban J connectivity index is 1.38. The average molecular weight is 413 g/mol. The molecule has 0 N–H and O–H groups in total. The molecule has 2 aromatic rings. The summed E-state index contributed by atoms with van der Waals surface area (Å²) < 4.78 is 7.86. The van der Waals surface area contributed by atoms with Gasteiger partial charge in [0.1, 0.15) is 12.7 Å². The van der Waals surface area contributed by atoms with Gasteiger partial charge in [-0.2, -0.15) is 5.26 Å². The predicted octanol–water partition coefficient (Wildman–Crippen LogP) is 4.59. The number of carbonyl (C=O) groups excluding carboxylic acids is 1. The number of pyridine rings is 1. The molecule has 5 heteroatoms. The van der Waals surface area contributed by atoms with Crippen LogP contribution in [0.4, 0.5) is 0 Å². The van der Waals surface area contributed by atoms with Crippen molar-refractivity contribution in [3.8, 4) is 6.07 Å². The Morgan fingerprint density at radius 2 is 2.08 bits per heavy atom. The molecular weight excluding hydrogens is 392 g/mol. The minimum atomic E-state index is -0.320. The van der Waals surface area contributed by atoms with E-state index in [4.69, 9.17) is 4.74 Å². The lowest BCUT2D eigenvalue weighted by atomic mass is 9.49. The highest BCUT2D eigenvalue weighted by Gasteiger charge is 2.60. The smallest absolute Gasteiger partial charge is 0.312 e. The summed E-state index contributed by atoms with van der Waals surface area (Å²) in [6, 6.07) is 8.02. The third-order valence-electron chi connectivity index (χ3n) is 6.66. The number of carbonyl (C=O) groups is 1. The fourth-order valence-electron chi connectivity index (χ4n) is 6.10. The molecule has 4 fully saturated rings. The Hall–Kier alpha value is -1.80. The Labute approximate surface area is 161 Å². The van der Waals surface area contributed by atoms with Crippen LogP contribution in [0.15, 0.2) is 30.6 Å². The highest BCUT2D eigenvalue weighted by molar-refractivity contribution is 9.10. The van der Waals surface area contributed by atoms with Crippen molar-refractivity contribution in [2.75, 3.05) is 0 Å². The van der Waals surface area contributed by atoms with Gasteiger partial charge in [0.05, 0.1) is 16.5 Å². The molecule has 4 aliphatic rings. The first-order valence-corrected chi connectivity index (χ1v) is 10.1. The van der Waals surface area contributed by atoms with Gasteiger partial charge in [0.25, 0.3) is 0 Å². The molecule has 0 saturated heterocycles. The first kappa shape index (κ1) is 16.4. The molecule has 4 bridgehead atoms. The van der Waals surface area contributed by atoms with Gasteiger partial charge >= 0.3 is 5.97 Å². The van der Waals surface area contributed by atoms with Crippen molar-refractivity contribution in [1.29, 1.82) is 5.26 Å². The number of hydrogen-bond donors (Lipinski definition) is 0. The summed E-state index contributed by atoms with van der Waals surface area (Å²) in [5.41, 5.74) is 1.92. The van der Waals surface area contributed by atoms with Crippen LogP contribution in [0, 0.1) is 28.6 Å². The number of nitrogens with zero attached hydrogens (tertiary/aromatic N) is 2. The van der Waals surface area contributed by atoms with Crippen LogP contribution in [-0.2, 0) is 16.1 Å². The molecule has 0 spiro atoms. The maximum absolute atomic E-state index is 13.1. The Bertz CT molecular complexity index is 927. The molecule has 4 saturated carbocycles. The number of nitriles is 1. The van der Waals surface area contributed by atoms with Gasteiger partial charge in [-0.3, -0.25) is 4.79 Å². The monoisotopic (exact) mass is 412 g/mol. The van der Waals surface area contributed by atoms with Gasteiger partial charge in [-0.05, 0) is 62.5 Å². The molecule has 2 heterocycles. The second-order valence-electron chi connectivity index (χ2n) is 8.60.